The standard InChI is InChI=1S/C22H28FNO/c1-17-6-8-18(9-7-17)12-15-24(14-3-13-23)20-10-11-21-19(16-20)4-2-5-22(21)25/h2,4-9,20,25H,3,10-16H2,1H3. The molecule has 1 aliphatic rings. The Bertz CT molecular complexity index is 683. The predicted molar refractivity (Wildman–Crippen MR) is 101 cm³/mol. The lowest BCUT2D eigenvalue weighted by atomic mass is 9.86. The molecule has 0 amide bonds. The number of hydrogen-bond acceptors (Lipinski definition) is 2. The van der Waals surface area contributed by atoms with E-state index in [0.717, 1.165) is 44.3 Å². The van der Waals surface area contributed by atoms with Gasteiger partial charge in [0, 0.05) is 19.1 Å². The predicted octanol–water partition coefficient (Wildman–Crippen LogP) is 4.46. The summed E-state index contributed by atoms with van der Waals surface area (Å²) >= 11 is 0. The fourth-order valence-corrected chi connectivity index (χ4v) is 3.85. The summed E-state index contributed by atoms with van der Waals surface area (Å²) in [5, 5.41) is 10.0. The highest BCUT2D eigenvalue weighted by Gasteiger charge is 2.25. The SMILES string of the molecule is Cc1ccc(CCN(CCCF)C2CCc3c(O)cccc3C2)cc1. The molecule has 0 saturated carbocycles. The second-order valence-corrected chi connectivity index (χ2v) is 7.13. The molecule has 0 aromatic heterocycles. The van der Waals surface area contributed by atoms with Gasteiger partial charge in [0.1, 0.15) is 5.75 Å². The van der Waals surface area contributed by atoms with Crippen LogP contribution in [0.1, 0.15) is 35.1 Å². The summed E-state index contributed by atoms with van der Waals surface area (Å²) in [5.74, 6) is 0.422. The van der Waals surface area contributed by atoms with Crippen LogP contribution in [0.2, 0.25) is 0 Å². The lowest BCUT2D eigenvalue weighted by Crippen LogP contribution is -2.41. The van der Waals surface area contributed by atoms with Gasteiger partial charge in [0.2, 0.25) is 0 Å². The number of phenolic OH excluding ortho intramolecular Hbond substituents is 1. The van der Waals surface area contributed by atoms with Gasteiger partial charge in [0.05, 0.1) is 6.67 Å². The quantitative estimate of drug-likeness (QED) is 0.803. The first-order valence-corrected chi connectivity index (χ1v) is 9.32. The van der Waals surface area contributed by atoms with Crippen molar-refractivity contribution >= 4 is 0 Å². The molecule has 3 rings (SSSR count). The van der Waals surface area contributed by atoms with Gasteiger partial charge < -0.3 is 5.11 Å². The highest BCUT2D eigenvalue weighted by atomic mass is 19.1. The van der Waals surface area contributed by atoms with Crippen molar-refractivity contribution in [1.29, 1.82) is 0 Å². The van der Waals surface area contributed by atoms with E-state index in [0.29, 0.717) is 18.2 Å². The molecule has 0 saturated heterocycles. The van der Waals surface area contributed by atoms with E-state index in [-0.39, 0.29) is 6.67 Å². The number of hydrogen-bond donors (Lipinski definition) is 1. The number of aryl methyl sites for hydroxylation is 1. The maximum absolute atomic E-state index is 12.8. The molecule has 2 aromatic carbocycles. The molecule has 2 aromatic rings. The molecule has 1 atom stereocenters. The van der Waals surface area contributed by atoms with E-state index in [1.807, 2.05) is 6.07 Å². The third-order valence-electron chi connectivity index (χ3n) is 5.34. The van der Waals surface area contributed by atoms with E-state index in [2.05, 4.69) is 42.2 Å². The second-order valence-electron chi connectivity index (χ2n) is 7.13. The van der Waals surface area contributed by atoms with Crippen LogP contribution in [0.3, 0.4) is 0 Å². The number of benzene rings is 2. The molecule has 0 aliphatic heterocycles. The minimum Gasteiger partial charge on any atom is -0.508 e. The molecule has 134 valence electrons. The van der Waals surface area contributed by atoms with Crippen molar-refractivity contribution in [3.05, 3.63) is 64.7 Å². The van der Waals surface area contributed by atoms with Crippen LogP contribution in [-0.4, -0.2) is 35.8 Å². The second kappa shape index (κ2) is 8.48. The Morgan fingerprint density at radius 2 is 1.92 bits per heavy atom. The molecule has 1 N–H and O–H groups in total. The number of halogens is 1. The van der Waals surface area contributed by atoms with Crippen LogP contribution in [0.25, 0.3) is 0 Å². The van der Waals surface area contributed by atoms with Crippen molar-refractivity contribution in [3.8, 4) is 5.75 Å². The Morgan fingerprint density at radius 1 is 1.12 bits per heavy atom. The van der Waals surface area contributed by atoms with Gasteiger partial charge in [-0.1, -0.05) is 42.0 Å². The average molecular weight is 341 g/mol. The summed E-state index contributed by atoms with van der Waals surface area (Å²) in [5.41, 5.74) is 4.96. The summed E-state index contributed by atoms with van der Waals surface area (Å²) in [6.45, 7) is 3.61. The van der Waals surface area contributed by atoms with Crippen LogP contribution in [0.4, 0.5) is 4.39 Å². The molecular weight excluding hydrogens is 313 g/mol. The van der Waals surface area contributed by atoms with Crippen molar-refractivity contribution in [2.75, 3.05) is 19.8 Å². The number of nitrogens with zero attached hydrogens (tertiary/aromatic N) is 1. The number of aromatic hydroxyl groups is 1. The minimum absolute atomic E-state index is 0.259. The highest BCUT2D eigenvalue weighted by molar-refractivity contribution is 5.41. The van der Waals surface area contributed by atoms with E-state index in [1.54, 1.807) is 6.07 Å². The van der Waals surface area contributed by atoms with Crippen LogP contribution >= 0.6 is 0 Å². The Labute approximate surface area is 150 Å². The van der Waals surface area contributed by atoms with Crippen molar-refractivity contribution in [1.82, 2.24) is 4.90 Å². The van der Waals surface area contributed by atoms with Gasteiger partial charge in [-0.2, -0.15) is 0 Å². The van der Waals surface area contributed by atoms with Crippen LogP contribution in [0.15, 0.2) is 42.5 Å². The van der Waals surface area contributed by atoms with E-state index in [9.17, 15) is 9.50 Å². The molecule has 25 heavy (non-hydrogen) atoms. The van der Waals surface area contributed by atoms with E-state index in [4.69, 9.17) is 0 Å². The normalized spacial score (nSPS) is 16.8. The first kappa shape index (κ1) is 17.9. The van der Waals surface area contributed by atoms with Crippen LogP contribution in [0.5, 0.6) is 5.75 Å². The molecule has 1 unspecified atom stereocenters. The maximum atomic E-state index is 12.8. The smallest absolute Gasteiger partial charge is 0.119 e. The average Bonchev–Trinajstić information content (AvgIpc) is 2.63. The van der Waals surface area contributed by atoms with Gasteiger partial charge in [-0.15, -0.1) is 0 Å². The number of fused-ring (bicyclic) bond motifs is 1. The van der Waals surface area contributed by atoms with E-state index >= 15 is 0 Å². The summed E-state index contributed by atoms with van der Waals surface area (Å²) < 4.78 is 12.8. The third kappa shape index (κ3) is 4.60. The van der Waals surface area contributed by atoms with Gasteiger partial charge >= 0.3 is 0 Å². The van der Waals surface area contributed by atoms with Crippen LogP contribution in [0, 0.1) is 6.92 Å². The molecule has 3 heteroatoms. The number of alkyl halides is 1. The van der Waals surface area contributed by atoms with E-state index in [1.165, 1.54) is 16.7 Å². The zero-order valence-corrected chi connectivity index (χ0v) is 15.0. The van der Waals surface area contributed by atoms with E-state index < -0.39 is 0 Å². The fraction of sp³-hybridized carbons (Fsp3) is 0.455. The Kier molecular flexibility index (Phi) is 6.09. The zero-order valence-electron chi connectivity index (χ0n) is 15.0. The molecular formula is C22H28FNO. The van der Waals surface area contributed by atoms with Gasteiger partial charge in [-0.05, 0) is 61.8 Å². The fourth-order valence-electron chi connectivity index (χ4n) is 3.85. The molecule has 1 aliphatic carbocycles. The highest BCUT2D eigenvalue weighted by Crippen LogP contribution is 2.30. The molecule has 0 fully saturated rings. The third-order valence-corrected chi connectivity index (χ3v) is 5.34. The Hall–Kier alpha value is -1.87. The summed E-state index contributed by atoms with van der Waals surface area (Å²) in [7, 11) is 0. The number of rotatable bonds is 7. The van der Waals surface area contributed by atoms with Crippen LogP contribution < -0.4 is 0 Å². The van der Waals surface area contributed by atoms with Crippen LogP contribution in [-0.2, 0) is 19.3 Å². The Balaban J connectivity index is 1.67. The van der Waals surface area contributed by atoms with Gasteiger partial charge in [0.25, 0.3) is 0 Å². The van der Waals surface area contributed by atoms with Gasteiger partial charge in [-0.3, -0.25) is 9.29 Å². The van der Waals surface area contributed by atoms with Crippen molar-refractivity contribution in [3.63, 3.8) is 0 Å². The Morgan fingerprint density at radius 3 is 2.68 bits per heavy atom. The molecule has 0 radical (unpaired) electrons. The summed E-state index contributed by atoms with van der Waals surface area (Å²) in [4.78, 5) is 2.45. The topological polar surface area (TPSA) is 23.5 Å². The largest absolute Gasteiger partial charge is 0.508 e. The lowest BCUT2D eigenvalue weighted by Gasteiger charge is -2.35. The molecule has 0 bridgehead atoms. The first-order chi connectivity index (χ1) is 12.2. The van der Waals surface area contributed by atoms with Gasteiger partial charge in [0.15, 0.2) is 0 Å². The molecule has 0 spiro atoms. The van der Waals surface area contributed by atoms with Crippen molar-refractivity contribution < 1.29 is 9.50 Å². The van der Waals surface area contributed by atoms with Gasteiger partial charge in [-0.25, -0.2) is 0 Å². The first-order valence-electron chi connectivity index (χ1n) is 9.32. The molecule has 0 heterocycles. The summed E-state index contributed by atoms with van der Waals surface area (Å²) in [6.07, 6.45) is 4.48. The summed E-state index contributed by atoms with van der Waals surface area (Å²) in [6, 6.07) is 14.9. The van der Waals surface area contributed by atoms with Crippen molar-refractivity contribution in [2.45, 2.75) is 45.1 Å². The van der Waals surface area contributed by atoms with Crippen molar-refractivity contribution in [2.24, 2.45) is 0 Å². The minimum atomic E-state index is -0.259. The number of phenols is 1. The maximum Gasteiger partial charge on any atom is 0.119 e. The lowest BCUT2D eigenvalue weighted by molar-refractivity contribution is 0.174. The monoisotopic (exact) mass is 341 g/mol. The molecule has 2 nitrogen and oxygen atoms in total. The zero-order chi connectivity index (χ0) is 17.6.